The van der Waals surface area contributed by atoms with E-state index in [1.807, 2.05) is 31.2 Å². The molecule has 22 heavy (non-hydrogen) atoms. The number of rotatable bonds is 8. The number of hydrogen-bond donors (Lipinski definition) is 2. The van der Waals surface area contributed by atoms with E-state index in [4.69, 9.17) is 22.1 Å². The van der Waals surface area contributed by atoms with Crippen LogP contribution in [0.4, 0.5) is 0 Å². The number of nitrogens with one attached hydrogen (secondary N) is 1. The van der Waals surface area contributed by atoms with Crippen molar-refractivity contribution in [2.45, 2.75) is 6.92 Å². The molecule has 7 heteroatoms. The minimum atomic E-state index is -0.173. The second-order valence-corrected chi connectivity index (χ2v) is 4.09. The summed E-state index contributed by atoms with van der Waals surface area (Å²) in [7, 11) is 5.14. The lowest BCUT2D eigenvalue weighted by atomic mass is 10.1. The molecule has 1 aromatic rings. The molecule has 3 N–H and O–H groups in total. The van der Waals surface area contributed by atoms with Crippen LogP contribution in [0.2, 0.25) is 0 Å². The van der Waals surface area contributed by atoms with Gasteiger partial charge in [-0.05, 0) is 24.6 Å². The van der Waals surface area contributed by atoms with Crippen molar-refractivity contribution in [3.8, 4) is 5.75 Å². The Morgan fingerprint density at radius 3 is 2.77 bits per heavy atom. The molecule has 0 aromatic heterocycles. The van der Waals surface area contributed by atoms with Gasteiger partial charge in [0.25, 0.3) is 0 Å². The van der Waals surface area contributed by atoms with Crippen molar-refractivity contribution in [3.05, 3.63) is 41.9 Å². The Labute approximate surface area is 132 Å². The molecule has 0 spiro atoms. The van der Waals surface area contributed by atoms with E-state index in [2.05, 4.69) is 11.1 Å². The van der Waals surface area contributed by atoms with E-state index in [9.17, 15) is 4.79 Å². The number of amides is 2. The third-order valence-corrected chi connectivity index (χ3v) is 2.27. The van der Waals surface area contributed by atoms with Gasteiger partial charge in [0.1, 0.15) is 26.8 Å². The van der Waals surface area contributed by atoms with Crippen molar-refractivity contribution < 1.29 is 19.1 Å². The summed E-state index contributed by atoms with van der Waals surface area (Å²) in [6.07, 6.45) is 1.90. The molecule has 1 aromatic carbocycles. The molecule has 118 valence electrons. The molecule has 0 atom stereocenters. The summed E-state index contributed by atoms with van der Waals surface area (Å²) in [5.41, 5.74) is 5.31. The average molecular weight is 304 g/mol. The Bertz CT molecular complexity index is 467. The fraction of sp³-hybridized carbons (Fsp3) is 0.333. The van der Waals surface area contributed by atoms with Gasteiger partial charge in [0.2, 0.25) is 12.3 Å². The molecule has 0 aliphatic carbocycles. The number of ether oxygens (including phenoxy) is 2. The number of benzene rings is 1. The fourth-order valence-corrected chi connectivity index (χ4v) is 1.38. The van der Waals surface area contributed by atoms with Crippen molar-refractivity contribution >= 4 is 20.2 Å². The van der Waals surface area contributed by atoms with Crippen LogP contribution in [0.5, 0.6) is 5.75 Å². The van der Waals surface area contributed by atoms with Gasteiger partial charge in [0, 0.05) is 6.54 Å². The van der Waals surface area contributed by atoms with Crippen molar-refractivity contribution in [1.29, 1.82) is 0 Å². The predicted octanol–water partition coefficient (Wildman–Crippen LogP) is 0.290. The molecule has 0 saturated heterocycles. The summed E-state index contributed by atoms with van der Waals surface area (Å²) in [6, 6.07) is 7.78. The second kappa shape index (κ2) is 13.7. The molecule has 2 amide bonds. The lowest BCUT2D eigenvalue weighted by Gasteiger charge is -2.07. The molecule has 0 unspecified atom stereocenters. The number of aryl methyl sites for hydroxylation is 1. The molecule has 6 nitrogen and oxygen atoms in total. The number of primary amides is 1. The van der Waals surface area contributed by atoms with Crippen LogP contribution in [0.25, 0.3) is 0 Å². The first-order chi connectivity index (χ1) is 10.6. The summed E-state index contributed by atoms with van der Waals surface area (Å²) >= 11 is 0. The average Bonchev–Trinajstić information content (AvgIpc) is 2.48. The van der Waals surface area contributed by atoms with Crippen molar-refractivity contribution in [2.24, 2.45) is 5.73 Å². The maximum Gasteiger partial charge on any atom is 0.246 e. The van der Waals surface area contributed by atoms with Crippen LogP contribution in [0.15, 0.2) is 36.3 Å². The molecule has 0 fully saturated rings. The highest BCUT2D eigenvalue weighted by Crippen LogP contribution is 2.11. The molecule has 0 aliphatic rings. The first kappa shape index (κ1) is 19.7. The molecule has 0 aliphatic heterocycles. The predicted molar refractivity (Wildman–Crippen MR) is 85.6 cm³/mol. The number of nitrogens with two attached hydrogens (primary N) is 1. The van der Waals surface area contributed by atoms with Crippen LogP contribution in [0, 0.1) is 6.92 Å². The van der Waals surface area contributed by atoms with Crippen molar-refractivity contribution in [2.75, 3.05) is 26.4 Å². The van der Waals surface area contributed by atoms with Gasteiger partial charge in [0.15, 0.2) is 0 Å². The van der Waals surface area contributed by atoms with Gasteiger partial charge in [-0.25, -0.2) is 0 Å². The first-order valence-electron chi connectivity index (χ1n) is 6.70. The van der Waals surface area contributed by atoms with Crippen LogP contribution >= 0.6 is 0 Å². The molecule has 0 bridgehead atoms. The van der Waals surface area contributed by atoms with E-state index in [1.165, 1.54) is 5.98 Å². The summed E-state index contributed by atoms with van der Waals surface area (Å²) < 4.78 is 10.7. The van der Waals surface area contributed by atoms with Crippen LogP contribution in [-0.2, 0) is 14.3 Å². The van der Waals surface area contributed by atoms with Gasteiger partial charge in [0.05, 0.1) is 6.61 Å². The summed E-state index contributed by atoms with van der Waals surface area (Å²) in [5.74, 6) is 2.02. The third kappa shape index (κ3) is 11.5. The van der Waals surface area contributed by atoms with E-state index in [-0.39, 0.29) is 18.9 Å². The quantitative estimate of drug-likeness (QED) is 0.410. The topological polar surface area (TPSA) is 90.7 Å². The molecule has 0 saturated carbocycles. The normalized spacial score (nSPS) is 9.68. The zero-order valence-electron chi connectivity index (χ0n) is 12.7. The van der Waals surface area contributed by atoms with Crippen LogP contribution in [-0.4, -0.2) is 46.5 Å². The SMILES string of the molecule is NC=O.[B]/C=C/CNC(=O)COCCOc1cccc(C)c1. The molecular weight excluding hydrogens is 283 g/mol. The van der Waals surface area contributed by atoms with Crippen LogP contribution < -0.4 is 15.8 Å². The fourth-order valence-electron chi connectivity index (χ4n) is 1.38. The molecule has 0 heterocycles. The Balaban J connectivity index is 0.00000135. The zero-order valence-corrected chi connectivity index (χ0v) is 12.7. The largest absolute Gasteiger partial charge is 0.491 e. The van der Waals surface area contributed by atoms with E-state index < -0.39 is 0 Å². The minimum Gasteiger partial charge on any atom is -0.491 e. The lowest BCUT2D eigenvalue weighted by molar-refractivity contribution is -0.125. The third-order valence-electron chi connectivity index (χ3n) is 2.27. The van der Waals surface area contributed by atoms with E-state index in [1.54, 1.807) is 6.08 Å². The van der Waals surface area contributed by atoms with Crippen molar-refractivity contribution in [3.63, 3.8) is 0 Å². The maximum absolute atomic E-state index is 11.2. The zero-order chi connectivity index (χ0) is 16.6. The van der Waals surface area contributed by atoms with E-state index in [0.717, 1.165) is 11.3 Å². The Hall–Kier alpha value is -2.28. The molecule has 1 rings (SSSR count). The number of carbonyl (C=O) groups is 2. The summed E-state index contributed by atoms with van der Waals surface area (Å²) in [6.45, 7) is 3.23. The van der Waals surface area contributed by atoms with Crippen molar-refractivity contribution in [1.82, 2.24) is 5.32 Å². The smallest absolute Gasteiger partial charge is 0.246 e. The van der Waals surface area contributed by atoms with Crippen LogP contribution in [0.3, 0.4) is 0 Å². The Morgan fingerprint density at radius 1 is 1.41 bits per heavy atom. The highest BCUT2D eigenvalue weighted by Gasteiger charge is 1.99. The van der Waals surface area contributed by atoms with Gasteiger partial charge in [-0.2, -0.15) is 0 Å². The van der Waals surface area contributed by atoms with E-state index >= 15 is 0 Å². The molecule has 2 radical (unpaired) electrons. The Kier molecular flexibility index (Phi) is 12.3. The van der Waals surface area contributed by atoms with E-state index in [0.29, 0.717) is 19.8 Å². The standard InChI is InChI=1S/C14H18BNO3.CH3NO/c1-12-4-2-5-13(10-12)19-9-8-18-11-14(17)16-7-3-6-15;2-1-3/h2-6,10H,7-9,11H2,1H3,(H,16,17);1H,(H2,2,3)/b6-3+;. The summed E-state index contributed by atoms with van der Waals surface area (Å²) in [4.78, 5) is 19.8. The second-order valence-electron chi connectivity index (χ2n) is 4.09. The highest BCUT2D eigenvalue weighted by molar-refractivity contribution is 6.16. The number of hydrogen-bond acceptors (Lipinski definition) is 4. The summed E-state index contributed by atoms with van der Waals surface area (Å²) in [5, 5.41) is 2.63. The maximum atomic E-state index is 11.2. The Morgan fingerprint density at radius 2 is 2.14 bits per heavy atom. The lowest BCUT2D eigenvalue weighted by Crippen LogP contribution is -2.28. The van der Waals surface area contributed by atoms with Gasteiger partial charge in [-0.3, -0.25) is 9.59 Å². The number of carbonyl (C=O) groups excluding carboxylic acids is 2. The first-order valence-corrected chi connectivity index (χ1v) is 6.70. The molecular formula is C15H21BN2O4. The highest BCUT2D eigenvalue weighted by atomic mass is 16.5. The van der Waals surface area contributed by atoms with Gasteiger partial charge >= 0.3 is 0 Å². The van der Waals surface area contributed by atoms with Gasteiger partial charge < -0.3 is 20.5 Å². The van der Waals surface area contributed by atoms with Gasteiger partial charge in [-0.15, -0.1) is 5.98 Å². The monoisotopic (exact) mass is 304 g/mol. The van der Waals surface area contributed by atoms with Crippen LogP contribution in [0.1, 0.15) is 5.56 Å². The minimum absolute atomic E-state index is 0.0234. The van der Waals surface area contributed by atoms with Gasteiger partial charge in [-0.1, -0.05) is 18.2 Å².